The summed E-state index contributed by atoms with van der Waals surface area (Å²) in [6, 6.07) is 8.75. The Morgan fingerprint density at radius 2 is 2.12 bits per heavy atom. The van der Waals surface area contributed by atoms with Crippen LogP contribution in [0.15, 0.2) is 34.8 Å². The molecule has 0 aliphatic rings. The molecular formula is C11H6BrClO2S. The number of carbonyl (C=O) groups is 1. The van der Waals surface area contributed by atoms with Crippen molar-refractivity contribution < 1.29 is 9.53 Å². The summed E-state index contributed by atoms with van der Waals surface area (Å²) in [7, 11) is 0. The molecule has 0 fully saturated rings. The molecule has 0 spiro atoms. The topological polar surface area (TPSA) is 26.3 Å². The van der Waals surface area contributed by atoms with Crippen LogP contribution in [0.1, 0.15) is 9.67 Å². The molecule has 2 rings (SSSR count). The highest BCUT2D eigenvalue weighted by molar-refractivity contribution is 9.10. The Kier molecular flexibility index (Phi) is 3.63. The standard InChI is InChI=1S/C11H6BrClO2S/c12-9-5-7(13)1-3-10(9)15-11-4-2-8(6-14)16-11/h1-6H. The fourth-order valence-corrected chi connectivity index (χ4v) is 2.57. The van der Waals surface area contributed by atoms with Crippen molar-refractivity contribution >= 4 is 45.2 Å². The van der Waals surface area contributed by atoms with E-state index in [2.05, 4.69) is 15.9 Å². The highest BCUT2D eigenvalue weighted by atomic mass is 79.9. The zero-order chi connectivity index (χ0) is 11.5. The van der Waals surface area contributed by atoms with Gasteiger partial charge in [0.25, 0.3) is 0 Å². The number of hydrogen-bond acceptors (Lipinski definition) is 3. The van der Waals surface area contributed by atoms with E-state index in [1.165, 1.54) is 11.3 Å². The van der Waals surface area contributed by atoms with E-state index in [0.29, 0.717) is 20.7 Å². The summed E-state index contributed by atoms with van der Waals surface area (Å²) in [6.45, 7) is 0. The van der Waals surface area contributed by atoms with E-state index in [-0.39, 0.29) is 0 Å². The highest BCUT2D eigenvalue weighted by Crippen LogP contribution is 2.34. The first-order valence-electron chi connectivity index (χ1n) is 4.37. The maximum Gasteiger partial charge on any atom is 0.181 e. The average Bonchev–Trinajstić information content (AvgIpc) is 2.70. The van der Waals surface area contributed by atoms with Crippen LogP contribution in [0.4, 0.5) is 0 Å². The van der Waals surface area contributed by atoms with Gasteiger partial charge in [-0.2, -0.15) is 0 Å². The predicted molar refractivity (Wildman–Crippen MR) is 68.9 cm³/mol. The minimum atomic E-state index is 0.638. The van der Waals surface area contributed by atoms with Crippen molar-refractivity contribution in [2.24, 2.45) is 0 Å². The molecule has 0 amide bonds. The minimum absolute atomic E-state index is 0.638. The Hall–Kier alpha value is -0.840. The number of aldehydes is 1. The molecule has 0 aliphatic heterocycles. The molecule has 82 valence electrons. The van der Waals surface area contributed by atoms with Crippen molar-refractivity contribution in [2.45, 2.75) is 0 Å². The van der Waals surface area contributed by atoms with Crippen LogP contribution >= 0.6 is 38.9 Å². The molecule has 1 aromatic carbocycles. The van der Waals surface area contributed by atoms with E-state index in [1.807, 2.05) is 0 Å². The van der Waals surface area contributed by atoms with Crippen LogP contribution in [0.2, 0.25) is 5.02 Å². The number of thiophene rings is 1. The smallest absolute Gasteiger partial charge is 0.181 e. The highest BCUT2D eigenvalue weighted by Gasteiger charge is 2.05. The number of benzene rings is 1. The van der Waals surface area contributed by atoms with E-state index >= 15 is 0 Å². The summed E-state index contributed by atoms with van der Waals surface area (Å²) in [5, 5.41) is 1.31. The van der Waals surface area contributed by atoms with Crippen LogP contribution in [-0.4, -0.2) is 6.29 Å². The van der Waals surface area contributed by atoms with E-state index < -0.39 is 0 Å². The lowest BCUT2D eigenvalue weighted by Gasteiger charge is -2.04. The van der Waals surface area contributed by atoms with E-state index in [9.17, 15) is 4.79 Å². The molecular weight excluding hydrogens is 312 g/mol. The molecule has 0 saturated heterocycles. The lowest BCUT2D eigenvalue weighted by molar-refractivity contribution is 0.112. The Labute approximate surface area is 110 Å². The molecule has 1 aromatic heterocycles. The van der Waals surface area contributed by atoms with Gasteiger partial charge in [-0.25, -0.2) is 0 Å². The number of rotatable bonds is 3. The zero-order valence-corrected chi connectivity index (χ0v) is 11.1. The van der Waals surface area contributed by atoms with Crippen molar-refractivity contribution in [3.05, 3.63) is 44.7 Å². The average molecular weight is 318 g/mol. The largest absolute Gasteiger partial charge is 0.445 e. The maximum absolute atomic E-state index is 10.5. The zero-order valence-electron chi connectivity index (χ0n) is 7.94. The van der Waals surface area contributed by atoms with E-state index in [1.54, 1.807) is 30.3 Å². The molecule has 0 bridgehead atoms. The van der Waals surface area contributed by atoms with Gasteiger partial charge in [0.1, 0.15) is 5.75 Å². The molecule has 0 atom stereocenters. The summed E-state index contributed by atoms with van der Waals surface area (Å²) < 4.78 is 6.38. The number of hydrogen-bond donors (Lipinski definition) is 0. The second-order valence-electron chi connectivity index (χ2n) is 2.95. The van der Waals surface area contributed by atoms with Crippen LogP contribution in [0, 0.1) is 0 Å². The van der Waals surface area contributed by atoms with Crippen LogP contribution in [0.5, 0.6) is 10.8 Å². The quantitative estimate of drug-likeness (QED) is 0.762. The maximum atomic E-state index is 10.5. The summed E-state index contributed by atoms with van der Waals surface area (Å²) in [4.78, 5) is 11.2. The molecule has 5 heteroatoms. The summed E-state index contributed by atoms with van der Waals surface area (Å²) in [5.41, 5.74) is 0. The van der Waals surface area contributed by atoms with Gasteiger partial charge in [0.15, 0.2) is 11.3 Å². The van der Waals surface area contributed by atoms with Gasteiger partial charge in [-0.1, -0.05) is 22.9 Å². The van der Waals surface area contributed by atoms with E-state index in [0.717, 1.165) is 10.8 Å². The lowest BCUT2D eigenvalue weighted by Crippen LogP contribution is -1.81. The van der Waals surface area contributed by atoms with Crippen molar-refractivity contribution in [2.75, 3.05) is 0 Å². The molecule has 0 aliphatic carbocycles. The third-order valence-electron chi connectivity index (χ3n) is 1.82. The van der Waals surface area contributed by atoms with Crippen molar-refractivity contribution in [1.82, 2.24) is 0 Å². The second-order valence-corrected chi connectivity index (χ2v) is 5.32. The van der Waals surface area contributed by atoms with Crippen molar-refractivity contribution in [3.8, 4) is 10.8 Å². The van der Waals surface area contributed by atoms with Gasteiger partial charge in [0.2, 0.25) is 0 Å². The third-order valence-corrected chi connectivity index (χ3v) is 3.57. The molecule has 1 heterocycles. The molecule has 0 saturated carbocycles. The van der Waals surface area contributed by atoms with Gasteiger partial charge in [-0.05, 0) is 46.3 Å². The lowest BCUT2D eigenvalue weighted by atomic mass is 10.3. The minimum Gasteiger partial charge on any atom is -0.445 e. The fourth-order valence-electron chi connectivity index (χ4n) is 1.12. The monoisotopic (exact) mass is 316 g/mol. The van der Waals surface area contributed by atoms with Gasteiger partial charge < -0.3 is 4.74 Å². The van der Waals surface area contributed by atoms with Gasteiger partial charge >= 0.3 is 0 Å². The second kappa shape index (κ2) is 4.99. The first-order chi connectivity index (χ1) is 7.69. The van der Waals surface area contributed by atoms with Crippen LogP contribution < -0.4 is 4.74 Å². The first-order valence-corrected chi connectivity index (χ1v) is 6.36. The van der Waals surface area contributed by atoms with Gasteiger partial charge in [-0.3, -0.25) is 4.79 Å². The van der Waals surface area contributed by atoms with E-state index in [4.69, 9.17) is 16.3 Å². The third kappa shape index (κ3) is 2.64. The van der Waals surface area contributed by atoms with Gasteiger partial charge in [-0.15, -0.1) is 0 Å². The molecule has 2 nitrogen and oxygen atoms in total. The Bertz CT molecular complexity index is 524. The van der Waals surface area contributed by atoms with Crippen molar-refractivity contribution in [3.63, 3.8) is 0 Å². The molecule has 16 heavy (non-hydrogen) atoms. The van der Waals surface area contributed by atoms with Crippen LogP contribution in [0.25, 0.3) is 0 Å². The first kappa shape index (κ1) is 11.6. The Morgan fingerprint density at radius 3 is 2.75 bits per heavy atom. The SMILES string of the molecule is O=Cc1ccc(Oc2ccc(Cl)cc2Br)s1. The molecule has 0 N–H and O–H groups in total. The summed E-state index contributed by atoms with van der Waals surface area (Å²) in [5.74, 6) is 0.670. The normalized spacial score (nSPS) is 10.1. The van der Waals surface area contributed by atoms with Gasteiger partial charge in [0.05, 0.1) is 9.35 Å². The molecule has 0 unspecified atom stereocenters. The fraction of sp³-hybridized carbons (Fsp3) is 0. The van der Waals surface area contributed by atoms with Crippen LogP contribution in [-0.2, 0) is 0 Å². The number of ether oxygens (including phenoxy) is 1. The Balaban J connectivity index is 2.23. The number of carbonyl (C=O) groups excluding carboxylic acids is 1. The van der Waals surface area contributed by atoms with Crippen LogP contribution in [0.3, 0.4) is 0 Å². The summed E-state index contributed by atoms with van der Waals surface area (Å²) in [6.07, 6.45) is 0.800. The Morgan fingerprint density at radius 1 is 1.31 bits per heavy atom. The van der Waals surface area contributed by atoms with Crippen molar-refractivity contribution in [1.29, 1.82) is 0 Å². The molecule has 0 radical (unpaired) electrons. The summed E-state index contributed by atoms with van der Waals surface area (Å²) >= 11 is 10.5. The molecule has 2 aromatic rings. The predicted octanol–water partition coefficient (Wildman–Crippen LogP) is 4.77. The number of halogens is 2. The van der Waals surface area contributed by atoms with Gasteiger partial charge in [0, 0.05) is 5.02 Å².